The van der Waals surface area contributed by atoms with Crippen molar-refractivity contribution >= 4 is 34.8 Å². The number of nitrogens with zero attached hydrogens (tertiary/aromatic N) is 1. The second-order valence-corrected chi connectivity index (χ2v) is 4.90. The molecule has 0 aliphatic heterocycles. The number of halogens is 3. The number of nitriles is 1. The zero-order chi connectivity index (χ0) is 10.8. The van der Waals surface area contributed by atoms with Crippen LogP contribution in [0.25, 0.3) is 0 Å². The van der Waals surface area contributed by atoms with Crippen molar-refractivity contribution in [3.05, 3.63) is 33.8 Å². The molecule has 0 aromatic heterocycles. The van der Waals surface area contributed by atoms with E-state index in [1.807, 2.05) is 6.07 Å². The summed E-state index contributed by atoms with van der Waals surface area (Å²) in [7, 11) is 0. The fourth-order valence-corrected chi connectivity index (χ4v) is 1.60. The first-order valence-electron chi connectivity index (χ1n) is 3.99. The van der Waals surface area contributed by atoms with Crippen molar-refractivity contribution in [2.24, 2.45) is 0 Å². The molecule has 1 nitrogen and oxygen atoms in total. The van der Waals surface area contributed by atoms with Crippen LogP contribution in [0, 0.1) is 11.3 Å². The summed E-state index contributed by atoms with van der Waals surface area (Å²) < 4.78 is 0. The SMILES string of the molecule is C[C@](Cl)(C#N)Cc1cc(Cl)ccc1Cl. The quantitative estimate of drug-likeness (QED) is 0.724. The topological polar surface area (TPSA) is 23.8 Å². The van der Waals surface area contributed by atoms with E-state index in [-0.39, 0.29) is 0 Å². The summed E-state index contributed by atoms with van der Waals surface area (Å²) in [5.41, 5.74) is 0.790. The number of alkyl halides is 1. The lowest BCUT2D eigenvalue weighted by Crippen LogP contribution is -2.16. The Hall–Kier alpha value is -0.420. The maximum Gasteiger partial charge on any atom is 0.132 e. The number of hydrogen-bond donors (Lipinski definition) is 0. The third kappa shape index (κ3) is 3.06. The van der Waals surface area contributed by atoms with E-state index in [2.05, 4.69) is 0 Å². The Labute approximate surface area is 98.2 Å². The third-order valence-corrected chi connectivity index (χ3v) is 2.59. The van der Waals surface area contributed by atoms with Gasteiger partial charge in [0.25, 0.3) is 0 Å². The van der Waals surface area contributed by atoms with E-state index in [0.717, 1.165) is 5.56 Å². The van der Waals surface area contributed by atoms with Crippen LogP contribution < -0.4 is 0 Å². The van der Waals surface area contributed by atoms with Gasteiger partial charge in [-0.1, -0.05) is 23.2 Å². The summed E-state index contributed by atoms with van der Waals surface area (Å²) in [6.07, 6.45) is 0.379. The van der Waals surface area contributed by atoms with Crippen LogP contribution in [0.2, 0.25) is 10.0 Å². The van der Waals surface area contributed by atoms with Crippen LogP contribution in [0.3, 0.4) is 0 Å². The maximum absolute atomic E-state index is 8.76. The molecule has 0 spiro atoms. The second-order valence-electron chi connectivity index (χ2n) is 3.22. The fourth-order valence-electron chi connectivity index (χ4n) is 1.08. The molecule has 1 aromatic rings. The first kappa shape index (κ1) is 11.7. The van der Waals surface area contributed by atoms with Crippen molar-refractivity contribution in [3.8, 4) is 6.07 Å². The molecule has 0 saturated heterocycles. The molecule has 14 heavy (non-hydrogen) atoms. The molecule has 0 radical (unpaired) electrons. The summed E-state index contributed by atoms with van der Waals surface area (Å²) in [5, 5.41) is 9.93. The highest BCUT2D eigenvalue weighted by Gasteiger charge is 2.21. The smallest absolute Gasteiger partial charge is 0.132 e. The van der Waals surface area contributed by atoms with Crippen molar-refractivity contribution < 1.29 is 0 Å². The van der Waals surface area contributed by atoms with Crippen molar-refractivity contribution in [1.82, 2.24) is 0 Å². The molecule has 0 aliphatic carbocycles. The molecule has 1 rings (SSSR count). The minimum Gasteiger partial charge on any atom is -0.196 e. The summed E-state index contributed by atoms with van der Waals surface area (Å²) >= 11 is 17.7. The van der Waals surface area contributed by atoms with Crippen LogP contribution >= 0.6 is 34.8 Å². The number of hydrogen-bond acceptors (Lipinski definition) is 1. The molecule has 0 fully saturated rings. The average Bonchev–Trinajstić information content (AvgIpc) is 2.11. The predicted octanol–water partition coefficient (Wildman–Crippen LogP) is 4.06. The van der Waals surface area contributed by atoms with E-state index in [4.69, 9.17) is 40.1 Å². The van der Waals surface area contributed by atoms with Gasteiger partial charge in [0, 0.05) is 16.5 Å². The average molecular weight is 249 g/mol. The van der Waals surface area contributed by atoms with Crippen LogP contribution in [-0.4, -0.2) is 4.87 Å². The van der Waals surface area contributed by atoms with E-state index >= 15 is 0 Å². The van der Waals surface area contributed by atoms with E-state index in [1.165, 1.54) is 0 Å². The van der Waals surface area contributed by atoms with Crippen molar-refractivity contribution in [3.63, 3.8) is 0 Å². The molecule has 0 unspecified atom stereocenters. The molecule has 0 heterocycles. The van der Waals surface area contributed by atoms with E-state index < -0.39 is 4.87 Å². The summed E-state index contributed by atoms with van der Waals surface area (Å²) in [4.78, 5) is -0.936. The first-order chi connectivity index (χ1) is 6.44. The van der Waals surface area contributed by atoms with Gasteiger partial charge in [-0.25, -0.2) is 0 Å². The molecular weight excluding hydrogens is 240 g/mol. The largest absolute Gasteiger partial charge is 0.196 e. The van der Waals surface area contributed by atoms with Crippen molar-refractivity contribution in [1.29, 1.82) is 5.26 Å². The fraction of sp³-hybridized carbons (Fsp3) is 0.300. The van der Waals surface area contributed by atoms with Gasteiger partial charge in [0.2, 0.25) is 0 Å². The van der Waals surface area contributed by atoms with Gasteiger partial charge in [0.05, 0.1) is 6.07 Å². The van der Waals surface area contributed by atoms with Crippen LogP contribution in [-0.2, 0) is 6.42 Å². The van der Waals surface area contributed by atoms with Crippen LogP contribution in [0.1, 0.15) is 12.5 Å². The van der Waals surface area contributed by atoms with Crippen LogP contribution in [0.5, 0.6) is 0 Å². The first-order valence-corrected chi connectivity index (χ1v) is 5.12. The Morgan fingerprint density at radius 3 is 2.64 bits per heavy atom. The molecule has 0 N–H and O–H groups in total. The predicted molar refractivity (Wildman–Crippen MR) is 60.0 cm³/mol. The summed E-state index contributed by atoms with van der Waals surface area (Å²) in [5.74, 6) is 0. The lowest BCUT2D eigenvalue weighted by atomic mass is 10.0. The highest BCUT2D eigenvalue weighted by atomic mass is 35.5. The highest BCUT2D eigenvalue weighted by molar-refractivity contribution is 6.33. The van der Waals surface area contributed by atoms with Gasteiger partial charge in [-0.05, 0) is 30.7 Å². The highest BCUT2D eigenvalue weighted by Crippen LogP contribution is 2.27. The monoisotopic (exact) mass is 247 g/mol. The Bertz CT molecular complexity index is 379. The van der Waals surface area contributed by atoms with E-state index in [1.54, 1.807) is 25.1 Å². The zero-order valence-electron chi connectivity index (χ0n) is 7.52. The molecule has 0 saturated carbocycles. The minimum atomic E-state index is -0.936. The molecule has 0 bridgehead atoms. The standard InChI is InChI=1S/C10H8Cl3N/c1-10(13,6-14)5-7-4-8(11)2-3-9(7)12/h2-4H,5H2,1H3/t10-/m1/s1. The molecule has 0 amide bonds. The summed E-state index contributed by atoms with van der Waals surface area (Å²) in [6, 6.07) is 7.12. The van der Waals surface area contributed by atoms with Gasteiger partial charge in [0.1, 0.15) is 4.87 Å². The lowest BCUT2D eigenvalue weighted by Gasteiger charge is -2.13. The molecular formula is C10H8Cl3N. The zero-order valence-corrected chi connectivity index (χ0v) is 9.79. The van der Waals surface area contributed by atoms with Crippen LogP contribution in [0.15, 0.2) is 18.2 Å². The molecule has 4 heteroatoms. The van der Waals surface area contributed by atoms with Gasteiger partial charge in [-0.15, -0.1) is 11.6 Å². The van der Waals surface area contributed by atoms with Crippen molar-refractivity contribution in [2.45, 2.75) is 18.2 Å². The molecule has 74 valence electrons. The third-order valence-electron chi connectivity index (χ3n) is 1.76. The normalized spacial score (nSPS) is 14.5. The lowest BCUT2D eigenvalue weighted by molar-refractivity contribution is 0.783. The Morgan fingerprint density at radius 2 is 2.07 bits per heavy atom. The molecule has 1 atom stereocenters. The number of rotatable bonds is 2. The molecule has 1 aromatic carbocycles. The Balaban J connectivity index is 2.98. The van der Waals surface area contributed by atoms with Gasteiger partial charge >= 0.3 is 0 Å². The Kier molecular flexibility index (Phi) is 3.66. The number of benzene rings is 1. The summed E-state index contributed by atoms with van der Waals surface area (Å²) in [6.45, 7) is 1.64. The van der Waals surface area contributed by atoms with Crippen LogP contribution in [0.4, 0.5) is 0 Å². The van der Waals surface area contributed by atoms with Gasteiger partial charge < -0.3 is 0 Å². The Morgan fingerprint density at radius 1 is 1.43 bits per heavy atom. The molecule has 0 aliphatic rings. The maximum atomic E-state index is 8.76. The van der Waals surface area contributed by atoms with Gasteiger partial charge in [-0.3, -0.25) is 0 Å². The van der Waals surface area contributed by atoms with Crippen molar-refractivity contribution in [2.75, 3.05) is 0 Å². The minimum absolute atomic E-state index is 0.379. The van der Waals surface area contributed by atoms with E-state index in [9.17, 15) is 0 Å². The van der Waals surface area contributed by atoms with Gasteiger partial charge in [-0.2, -0.15) is 5.26 Å². The second kappa shape index (κ2) is 4.40. The van der Waals surface area contributed by atoms with E-state index in [0.29, 0.717) is 16.5 Å². The van der Waals surface area contributed by atoms with Gasteiger partial charge in [0.15, 0.2) is 0 Å².